The van der Waals surface area contributed by atoms with Gasteiger partial charge in [-0.3, -0.25) is 9.80 Å². The number of halogens is 1. The topological polar surface area (TPSA) is 185 Å². The molecular formula is C57H73ClN4O12. The van der Waals surface area contributed by atoms with Gasteiger partial charge in [0, 0.05) is 41.2 Å². The van der Waals surface area contributed by atoms with Crippen molar-refractivity contribution in [3.8, 4) is 23.0 Å². The Morgan fingerprint density at radius 1 is 0.703 bits per heavy atom. The number of amides is 2. The highest BCUT2D eigenvalue weighted by Gasteiger charge is 2.56. The summed E-state index contributed by atoms with van der Waals surface area (Å²) < 4.78 is 40.3. The molecule has 3 unspecified atom stereocenters. The molecule has 2 fully saturated rings. The molecule has 6 heterocycles. The van der Waals surface area contributed by atoms with Crippen LogP contribution < -0.4 is 14.2 Å². The van der Waals surface area contributed by atoms with Crippen LogP contribution in [0.5, 0.6) is 23.0 Å². The molecule has 0 saturated carbocycles. The molecule has 0 bridgehead atoms. The molecule has 17 heteroatoms. The van der Waals surface area contributed by atoms with Crippen molar-refractivity contribution in [3.63, 3.8) is 0 Å². The number of hydrogen-bond acceptors (Lipinski definition) is 14. The standard InChI is InChI=1S/C30H33ClN2O6.C23H28N2O6.2C2H6/c1-18-26-25(21-13-20(11-12-23(21)32-18)37-16-19-9-7-6-8-10-19)22(31)14-30(38-26)15-24(27(34)36-5)33(17-30)28(35)39-29(2,3)4;1-13-19-15(16-10-14(26)6-7-17(16)24-13)8-9-23(30-19)11-18(20(27)29-5)25(12-23)21(28)31-22(2,3)4;2*1-2/h6-13,22,24H,14-17H2,1-5H3;6-7,10,18,26H,8-9,11-12H2,1-5H3;2*1-2H3/t22?,24-,30?;18-,23?;;/m00../s1. The van der Waals surface area contributed by atoms with Gasteiger partial charge in [0.05, 0.1) is 55.1 Å². The SMILES string of the molecule is CC.CC.COC(=O)[C@@H]1CC2(CC(Cl)c3c(c(C)nc4ccc(OCc5ccccc5)cc34)O2)CN1C(=O)OC(C)(C)C.COC(=O)[C@@H]1CC2(CCc3c(c(C)nc4ccc(O)cc34)O2)CN1C(=O)OC(C)(C)C. The van der Waals surface area contributed by atoms with Crippen LogP contribution in [0.15, 0.2) is 66.7 Å². The summed E-state index contributed by atoms with van der Waals surface area (Å²) >= 11 is 7.09. The van der Waals surface area contributed by atoms with Crippen molar-refractivity contribution < 1.29 is 57.4 Å². The molecule has 2 saturated heterocycles. The lowest BCUT2D eigenvalue weighted by Crippen LogP contribution is -2.46. The number of carbonyl (C=O) groups is 4. The van der Waals surface area contributed by atoms with Crippen molar-refractivity contribution in [3.05, 3.63) is 94.8 Å². The molecule has 0 aliphatic carbocycles. The Balaban J connectivity index is 0.000000231. The molecule has 2 spiro atoms. The normalized spacial score (nSPS) is 21.5. The number of ether oxygens (including phenoxy) is 7. The molecule has 4 aliphatic rings. The summed E-state index contributed by atoms with van der Waals surface area (Å²) in [7, 11) is 2.62. The van der Waals surface area contributed by atoms with Crippen molar-refractivity contribution in [2.75, 3.05) is 27.3 Å². The summed E-state index contributed by atoms with van der Waals surface area (Å²) in [6.07, 6.45) is 1.07. The van der Waals surface area contributed by atoms with Crippen LogP contribution in [-0.2, 0) is 41.6 Å². The Kier molecular flexibility index (Phi) is 17.6. The first-order valence-electron chi connectivity index (χ1n) is 25.4. The van der Waals surface area contributed by atoms with Gasteiger partial charge < -0.3 is 38.3 Å². The van der Waals surface area contributed by atoms with Gasteiger partial charge in [0.2, 0.25) is 0 Å². The lowest BCUT2D eigenvalue weighted by molar-refractivity contribution is -0.146. The summed E-state index contributed by atoms with van der Waals surface area (Å²) in [4.78, 5) is 63.3. The number of fused-ring (bicyclic) bond motifs is 6. The third kappa shape index (κ3) is 12.5. The van der Waals surface area contributed by atoms with E-state index in [0.29, 0.717) is 55.2 Å². The number of aromatic nitrogens is 2. The highest BCUT2D eigenvalue weighted by Crippen LogP contribution is 2.52. The van der Waals surface area contributed by atoms with Gasteiger partial charge in [0.25, 0.3) is 0 Å². The third-order valence-corrected chi connectivity index (χ3v) is 13.3. The lowest BCUT2D eigenvalue weighted by Gasteiger charge is -2.38. The van der Waals surface area contributed by atoms with Crippen molar-refractivity contribution >= 4 is 57.5 Å². The van der Waals surface area contributed by atoms with Crippen molar-refractivity contribution in [2.24, 2.45) is 0 Å². The zero-order valence-corrected chi connectivity index (χ0v) is 46.1. The molecule has 74 heavy (non-hydrogen) atoms. The number of methoxy groups -OCH3 is 2. The maximum atomic E-state index is 13.1. The smallest absolute Gasteiger partial charge is 0.411 e. The summed E-state index contributed by atoms with van der Waals surface area (Å²) in [5.74, 6) is 1.08. The zero-order chi connectivity index (χ0) is 54.5. The number of pyridine rings is 2. The molecule has 5 atom stereocenters. The van der Waals surface area contributed by atoms with Gasteiger partial charge in [-0.15, -0.1) is 11.6 Å². The fourth-order valence-corrected chi connectivity index (χ4v) is 10.4. The summed E-state index contributed by atoms with van der Waals surface area (Å²) in [6, 6.07) is 19.2. The van der Waals surface area contributed by atoms with Crippen LogP contribution in [0.25, 0.3) is 21.8 Å². The molecule has 2 aromatic heterocycles. The first-order valence-corrected chi connectivity index (χ1v) is 25.8. The Morgan fingerprint density at radius 2 is 1.22 bits per heavy atom. The third-order valence-electron chi connectivity index (χ3n) is 12.9. The summed E-state index contributed by atoms with van der Waals surface area (Å²) in [5, 5.41) is 11.2. The van der Waals surface area contributed by atoms with Crippen molar-refractivity contribution in [1.29, 1.82) is 0 Å². The van der Waals surface area contributed by atoms with E-state index in [1.54, 1.807) is 59.7 Å². The second-order valence-corrected chi connectivity index (χ2v) is 21.1. The van der Waals surface area contributed by atoms with E-state index in [9.17, 15) is 24.3 Å². The van der Waals surface area contributed by atoms with E-state index in [2.05, 4.69) is 4.98 Å². The summed E-state index contributed by atoms with van der Waals surface area (Å²) in [6.45, 7) is 23.2. The Labute approximate surface area is 439 Å². The second-order valence-electron chi connectivity index (χ2n) is 20.5. The molecule has 16 nitrogen and oxygen atoms in total. The number of rotatable bonds is 5. The van der Waals surface area contributed by atoms with Gasteiger partial charge in [0.1, 0.15) is 64.1 Å². The molecule has 0 radical (unpaired) electrons. The number of phenolic OH excluding ortho intramolecular Hbond substituents is 1. The van der Waals surface area contributed by atoms with E-state index >= 15 is 0 Å². The number of carbonyl (C=O) groups excluding carboxylic acids is 4. The first kappa shape index (κ1) is 56.7. The van der Waals surface area contributed by atoms with E-state index in [4.69, 9.17) is 49.7 Å². The van der Waals surface area contributed by atoms with E-state index in [-0.39, 0.29) is 25.3 Å². The number of esters is 2. The largest absolute Gasteiger partial charge is 0.508 e. The van der Waals surface area contributed by atoms with Crippen molar-refractivity contribution in [1.82, 2.24) is 19.8 Å². The maximum absolute atomic E-state index is 13.1. The van der Waals surface area contributed by atoms with Crippen LogP contribution >= 0.6 is 11.6 Å². The highest BCUT2D eigenvalue weighted by atomic mass is 35.5. The van der Waals surface area contributed by atoms with Gasteiger partial charge in [-0.05, 0) is 110 Å². The number of phenols is 1. The number of hydrogen-bond donors (Lipinski definition) is 1. The molecule has 5 aromatic rings. The van der Waals surface area contributed by atoms with Crippen LogP contribution in [0.1, 0.15) is 128 Å². The van der Waals surface area contributed by atoms with E-state index in [1.807, 2.05) is 90.1 Å². The molecule has 2 amide bonds. The van der Waals surface area contributed by atoms with Gasteiger partial charge in [0.15, 0.2) is 0 Å². The average Bonchev–Trinajstić information content (AvgIpc) is 3.92. The van der Waals surface area contributed by atoms with Crippen LogP contribution in [0.2, 0.25) is 0 Å². The Morgan fingerprint density at radius 3 is 1.78 bits per heavy atom. The average molecular weight is 1040 g/mol. The predicted octanol–water partition coefficient (Wildman–Crippen LogP) is 11.7. The number of nitrogens with zero attached hydrogens (tertiary/aromatic N) is 4. The first-order chi connectivity index (χ1) is 35.0. The van der Waals surface area contributed by atoms with Crippen LogP contribution in [-0.4, -0.2) is 111 Å². The number of benzene rings is 3. The van der Waals surface area contributed by atoms with E-state index in [0.717, 1.165) is 44.2 Å². The quantitative estimate of drug-likeness (QED) is 0.0995. The van der Waals surface area contributed by atoms with Gasteiger partial charge >= 0.3 is 24.1 Å². The molecule has 4 aliphatic heterocycles. The fraction of sp³-hybridized carbons (Fsp3) is 0.509. The van der Waals surface area contributed by atoms with Crippen molar-refractivity contribution in [2.45, 2.75) is 162 Å². The molecule has 9 rings (SSSR count). The fourth-order valence-electron chi connectivity index (χ4n) is 9.86. The lowest BCUT2D eigenvalue weighted by atomic mass is 9.87. The van der Waals surface area contributed by atoms with E-state index in [1.165, 1.54) is 24.0 Å². The minimum atomic E-state index is -0.892. The van der Waals surface area contributed by atoms with E-state index < -0.39 is 64.0 Å². The predicted molar refractivity (Wildman–Crippen MR) is 283 cm³/mol. The molecule has 1 N–H and O–H groups in total. The van der Waals surface area contributed by atoms with Crippen LogP contribution in [0.4, 0.5) is 9.59 Å². The monoisotopic (exact) mass is 1040 g/mol. The number of likely N-dealkylation sites (tertiary alicyclic amines) is 2. The second kappa shape index (κ2) is 22.9. The van der Waals surface area contributed by atoms with Gasteiger partial charge in [-0.25, -0.2) is 29.1 Å². The zero-order valence-electron chi connectivity index (χ0n) is 45.3. The number of aryl methyl sites for hydroxylation is 3. The Hall–Kier alpha value is -6.55. The summed E-state index contributed by atoms with van der Waals surface area (Å²) in [5.41, 5.74) is 2.85. The molecule has 3 aromatic carbocycles. The Bertz CT molecular complexity index is 2850. The number of alkyl halides is 1. The minimum absolute atomic E-state index is 0.141. The van der Waals surface area contributed by atoms with Crippen LogP contribution in [0, 0.1) is 13.8 Å². The van der Waals surface area contributed by atoms with Crippen LogP contribution in [0.3, 0.4) is 0 Å². The minimum Gasteiger partial charge on any atom is -0.508 e. The highest BCUT2D eigenvalue weighted by molar-refractivity contribution is 6.22. The van der Waals surface area contributed by atoms with Gasteiger partial charge in [-0.1, -0.05) is 58.0 Å². The molecular weight excluding hydrogens is 968 g/mol. The van der Waals surface area contributed by atoms with Gasteiger partial charge in [-0.2, -0.15) is 0 Å². The number of aromatic hydroxyl groups is 1. The maximum Gasteiger partial charge on any atom is 0.411 e. The molecule has 400 valence electrons.